The van der Waals surface area contributed by atoms with Crippen LogP contribution in [0.2, 0.25) is 0 Å². The Hall–Kier alpha value is -4.18. The predicted octanol–water partition coefficient (Wildman–Crippen LogP) is 6.75. The van der Waals surface area contributed by atoms with Crippen molar-refractivity contribution in [2.45, 2.75) is 24.2 Å². The highest BCUT2D eigenvalue weighted by Gasteiger charge is 2.29. The number of benzene rings is 4. The van der Waals surface area contributed by atoms with Crippen molar-refractivity contribution in [2.24, 2.45) is 0 Å². The third-order valence-electron chi connectivity index (χ3n) is 7.39. The van der Waals surface area contributed by atoms with Crippen LogP contribution >= 0.6 is 15.9 Å². The Morgan fingerprint density at radius 2 is 1.69 bits per heavy atom. The normalized spacial score (nSPS) is 12.6. The number of aromatic nitrogens is 1. The fourth-order valence-electron chi connectivity index (χ4n) is 5.50. The minimum Gasteiger partial charge on any atom is -0.507 e. The van der Waals surface area contributed by atoms with E-state index in [0.717, 1.165) is 37.3 Å². The molecule has 2 aromatic heterocycles. The Labute approximate surface area is 251 Å². The van der Waals surface area contributed by atoms with Gasteiger partial charge in [0.2, 0.25) is 10.0 Å². The number of aryl methyl sites for hydroxylation is 1. The van der Waals surface area contributed by atoms with Crippen molar-refractivity contribution in [1.82, 2.24) is 9.71 Å². The molecule has 0 radical (unpaired) electrons. The lowest BCUT2D eigenvalue weighted by atomic mass is 9.86. The highest BCUT2D eigenvalue weighted by atomic mass is 79.9. The lowest BCUT2D eigenvalue weighted by Crippen LogP contribution is -2.26. The molecule has 0 amide bonds. The van der Waals surface area contributed by atoms with Crippen molar-refractivity contribution >= 4 is 47.6 Å². The van der Waals surface area contributed by atoms with Crippen molar-refractivity contribution in [3.8, 4) is 5.75 Å². The summed E-state index contributed by atoms with van der Waals surface area (Å²) >= 11 is 3.53. The van der Waals surface area contributed by atoms with Gasteiger partial charge in [-0.3, -0.25) is 0 Å². The highest BCUT2D eigenvalue weighted by molar-refractivity contribution is 9.10. The van der Waals surface area contributed by atoms with Gasteiger partial charge in [0.1, 0.15) is 11.5 Å². The van der Waals surface area contributed by atoms with Gasteiger partial charge in [-0.25, -0.2) is 17.9 Å². The maximum atomic E-state index is 13.3. The second-order valence-corrected chi connectivity index (χ2v) is 12.8. The Morgan fingerprint density at radius 1 is 0.929 bits per heavy atom. The Kier molecular flexibility index (Phi) is 7.49. The average Bonchev–Trinajstić information content (AvgIpc) is 3.32. The molecule has 0 aliphatic carbocycles. The molecule has 0 spiro atoms. The van der Waals surface area contributed by atoms with E-state index in [4.69, 9.17) is 4.42 Å². The van der Waals surface area contributed by atoms with Crippen LogP contribution in [-0.4, -0.2) is 25.1 Å². The summed E-state index contributed by atoms with van der Waals surface area (Å²) in [7, 11) is -3.79. The van der Waals surface area contributed by atoms with Crippen LogP contribution < -0.4 is 10.3 Å². The van der Waals surface area contributed by atoms with Gasteiger partial charge < -0.3 is 14.5 Å². The SMILES string of the molecule is Cc1cc(O)c(C(c2cccc(Br)c2)c2[nH]c3ccccc3c2CCNS(=O)(=O)c2ccc3ccccc3c2)c(=O)o1. The van der Waals surface area contributed by atoms with Gasteiger partial charge >= 0.3 is 5.63 Å². The third-order valence-corrected chi connectivity index (χ3v) is 9.35. The van der Waals surface area contributed by atoms with Gasteiger partial charge in [0.15, 0.2) is 0 Å². The molecule has 2 heterocycles. The number of aromatic amines is 1. The molecule has 3 N–H and O–H groups in total. The first-order valence-electron chi connectivity index (χ1n) is 13.4. The number of H-pyrrole nitrogens is 1. The van der Waals surface area contributed by atoms with E-state index in [1.807, 2.05) is 72.8 Å². The van der Waals surface area contributed by atoms with Crippen LogP contribution in [0.15, 0.2) is 116 Å². The molecule has 1 atom stereocenters. The number of fused-ring (bicyclic) bond motifs is 2. The molecule has 1 unspecified atom stereocenters. The molecule has 6 aromatic rings. The van der Waals surface area contributed by atoms with Gasteiger partial charge in [-0.05, 0) is 65.6 Å². The molecule has 0 fully saturated rings. The van der Waals surface area contributed by atoms with Crippen molar-refractivity contribution in [3.63, 3.8) is 0 Å². The van der Waals surface area contributed by atoms with Gasteiger partial charge in [-0.1, -0.05) is 76.6 Å². The third kappa shape index (κ3) is 5.38. The first-order chi connectivity index (χ1) is 20.2. The van der Waals surface area contributed by atoms with Gasteiger partial charge in [-0.2, -0.15) is 0 Å². The molecule has 0 saturated carbocycles. The van der Waals surface area contributed by atoms with E-state index in [1.54, 1.807) is 25.1 Å². The number of sulfonamides is 1. The van der Waals surface area contributed by atoms with E-state index in [-0.39, 0.29) is 22.8 Å². The Morgan fingerprint density at radius 3 is 2.48 bits per heavy atom. The summed E-state index contributed by atoms with van der Waals surface area (Å²) in [6.07, 6.45) is 0.328. The minimum atomic E-state index is -3.79. The molecule has 42 heavy (non-hydrogen) atoms. The number of hydrogen-bond acceptors (Lipinski definition) is 5. The van der Waals surface area contributed by atoms with Crippen molar-refractivity contribution in [3.05, 3.63) is 140 Å². The molecule has 0 bridgehead atoms. The Balaban J connectivity index is 1.42. The molecular weight excluding hydrogens is 616 g/mol. The van der Waals surface area contributed by atoms with E-state index in [2.05, 4.69) is 25.6 Å². The van der Waals surface area contributed by atoms with Gasteiger partial charge in [-0.15, -0.1) is 0 Å². The molecule has 9 heteroatoms. The summed E-state index contributed by atoms with van der Waals surface area (Å²) in [4.78, 5) is 16.9. The van der Waals surface area contributed by atoms with E-state index >= 15 is 0 Å². The van der Waals surface area contributed by atoms with Crippen molar-refractivity contribution < 1.29 is 17.9 Å². The number of aromatic hydroxyl groups is 1. The second kappa shape index (κ2) is 11.2. The Bertz CT molecular complexity index is 2120. The maximum Gasteiger partial charge on any atom is 0.343 e. The average molecular weight is 644 g/mol. The zero-order valence-corrected chi connectivity index (χ0v) is 25.0. The minimum absolute atomic E-state index is 0.100. The zero-order valence-electron chi connectivity index (χ0n) is 22.6. The molecule has 7 nitrogen and oxygen atoms in total. The van der Waals surface area contributed by atoms with E-state index < -0.39 is 21.6 Å². The van der Waals surface area contributed by atoms with Crippen LogP contribution in [0.4, 0.5) is 0 Å². The van der Waals surface area contributed by atoms with Crippen molar-refractivity contribution in [2.75, 3.05) is 6.54 Å². The summed E-state index contributed by atoms with van der Waals surface area (Å²) in [6, 6.07) is 29.3. The van der Waals surface area contributed by atoms with Crippen LogP contribution in [-0.2, 0) is 16.4 Å². The van der Waals surface area contributed by atoms with Crippen LogP contribution in [0.5, 0.6) is 5.75 Å². The van der Waals surface area contributed by atoms with Crippen LogP contribution in [0.25, 0.3) is 21.7 Å². The summed E-state index contributed by atoms with van der Waals surface area (Å²) in [5.74, 6) is -0.580. The number of halogens is 1. The number of nitrogens with one attached hydrogen (secondary N) is 2. The summed E-state index contributed by atoms with van der Waals surface area (Å²) < 4.78 is 35.5. The highest BCUT2D eigenvalue weighted by Crippen LogP contribution is 2.39. The largest absolute Gasteiger partial charge is 0.507 e. The molecule has 4 aromatic carbocycles. The molecule has 212 valence electrons. The molecule has 0 aliphatic heterocycles. The van der Waals surface area contributed by atoms with Gasteiger partial charge in [0.05, 0.1) is 16.4 Å². The van der Waals surface area contributed by atoms with Gasteiger partial charge in [0, 0.05) is 33.7 Å². The van der Waals surface area contributed by atoms with E-state index in [0.29, 0.717) is 17.9 Å². The topological polar surface area (TPSA) is 112 Å². The van der Waals surface area contributed by atoms with E-state index in [9.17, 15) is 18.3 Å². The molecule has 0 aliphatic rings. The fourth-order valence-corrected chi connectivity index (χ4v) is 6.98. The number of para-hydroxylation sites is 1. The summed E-state index contributed by atoms with van der Waals surface area (Å²) in [5, 5.41) is 13.7. The standard InChI is InChI=1S/C33H27BrN2O5S/c1-20-17-29(37)31(33(38)41-20)30(23-9-6-10-24(34)18-23)32-27(26-11-4-5-12-28(26)36-32)15-16-35-42(39,40)25-14-13-21-7-2-3-8-22(21)19-25/h2-14,17-19,30,35-37H,15-16H2,1H3. The fraction of sp³-hybridized carbons (Fsp3) is 0.121. The predicted molar refractivity (Wildman–Crippen MR) is 168 cm³/mol. The molecule has 6 rings (SSSR count). The molecular formula is C33H27BrN2O5S. The zero-order chi connectivity index (χ0) is 29.4. The van der Waals surface area contributed by atoms with Crippen molar-refractivity contribution in [1.29, 1.82) is 0 Å². The molecule has 0 saturated heterocycles. The van der Waals surface area contributed by atoms with Gasteiger partial charge in [0.25, 0.3) is 0 Å². The second-order valence-electron chi connectivity index (χ2n) is 10.2. The van der Waals surface area contributed by atoms with Crippen LogP contribution in [0.1, 0.15) is 34.1 Å². The number of hydrogen-bond donors (Lipinski definition) is 3. The smallest absolute Gasteiger partial charge is 0.343 e. The van der Waals surface area contributed by atoms with Crippen LogP contribution in [0, 0.1) is 6.92 Å². The van der Waals surface area contributed by atoms with Crippen LogP contribution in [0.3, 0.4) is 0 Å². The lowest BCUT2D eigenvalue weighted by Gasteiger charge is -2.20. The number of rotatable bonds is 8. The van der Waals surface area contributed by atoms with E-state index in [1.165, 1.54) is 6.07 Å². The summed E-state index contributed by atoms with van der Waals surface area (Å²) in [6.45, 7) is 1.72. The quantitative estimate of drug-likeness (QED) is 0.170. The first-order valence-corrected chi connectivity index (χ1v) is 15.7. The monoisotopic (exact) mass is 642 g/mol. The first kappa shape index (κ1) is 28.0. The summed E-state index contributed by atoms with van der Waals surface area (Å²) in [5.41, 5.74) is 2.54. The lowest BCUT2D eigenvalue weighted by molar-refractivity contribution is 0.420. The maximum absolute atomic E-state index is 13.3.